The van der Waals surface area contributed by atoms with Gasteiger partial charge in [0.05, 0.1) is 0 Å². The van der Waals surface area contributed by atoms with Crippen molar-refractivity contribution in [3.8, 4) is 0 Å². The van der Waals surface area contributed by atoms with Crippen LogP contribution in [0.15, 0.2) is 0 Å². The lowest BCUT2D eigenvalue weighted by Crippen LogP contribution is -2.28. The standard InChI is InChI=1S/C15H32N2O2/c1-14(2)15(18)17-11-7-5-9-13-19-12-8-4-6-10-16-3/h14,16H,4-13H2,1-3H3,(H,17,18). The van der Waals surface area contributed by atoms with E-state index >= 15 is 0 Å². The van der Waals surface area contributed by atoms with Crippen LogP contribution in [0.3, 0.4) is 0 Å². The minimum atomic E-state index is 0.0891. The van der Waals surface area contributed by atoms with E-state index < -0.39 is 0 Å². The zero-order chi connectivity index (χ0) is 14.3. The van der Waals surface area contributed by atoms with Crippen LogP contribution in [-0.4, -0.2) is 39.3 Å². The van der Waals surface area contributed by atoms with Crippen molar-refractivity contribution in [2.75, 3.05) is 33.4 Å². The van der Waals surface area contributed by atoms with Gasteiger partial charge < -0.3 is 15.4 Å². The second kappa shape index (κ2) is 13.8. The third-order valence-corrected chi connectivity index (χ3v) is 3.00. The van der Waals surface area contributed by atoms with E-state index in [4.69, 9.17) is 4.74 Å². The highest BCUT2D eigenvalue weighted by Crippen LogP contribution is 1.99. The van der Waals surface area contributed by atoms with Gasteiger partial charge in [0.15, 0.2) is 0 Å². The average Bonchev–Trinajstić information content (AvgIpc) is 2.39. The number of hydrogen-bond acceptors (Lipinski definition) is 3. The van der Waals surface area contributed by atoms with Crippen molar-refractivity contribution < 1.29 is 9.53 Å². The predicted molar refractivity (Wildman–Crippen MR) is 80.3 cm³/mol. The van der Waals surface area contributed by atoms with Gasteiger partial charge in [0.25, 0.3) is 0 Å². The first kappa shape index (κ1) is 18.4. The molecule has 0 bridgehead atoms. The molecule has 4 heteroatoms. The Labute approximate surface area is 118 Å². The molecule has 4 nitrogen and oxygen atoms in total. The van der Waals surface area contributed by atoms with E-state index in [9.17, 15) is 4.79 Å². The maximum absolute atomic E-state index is 11.3. The summed E-state index contributed by atoms with van der Waals surface area (Å²) in [6.45, 7) is 7.46. The zero-order valence-electron chi connectivity index (χ0n) is 13.0. The molecule has 0 unspecified atom stereocenters. The molecule has 114 valence electrons. The number of carbonyl (C=O) groups is 1. The number of carbonyl (C=O) groups excluding carboxylic acids is 1. The molecule has 19 heavy (non-hydrogen) atoms. The van der Waals surface area contributed by atoms with Crippen molar-refractivity contribution in [2.45, 2.75) is 52.4 Å². The van der Waals surface area contributed by atoms with Crippen LogP contribution < -0.4 is 10.6 Å². The Balaban J connectivity index is 3.05. The minimum Gasteiger partial charge on any atom is -0.381 e. The topological polar surface area (TPSA) is 50.4 Å². The number of ether oxygens (including phenoxy) is 1. The average molecular weight is 272 g/mol. The number of hydrogen-bond donors (Lipinski definition) is 2. The lowest BCUT2D eigenvalue weighted by atomic mass is 10.2. The molecule has 0 atom stereocenters. The molecule has 0 aromatic carbocycles. The lowest BCUT2D eigenvalue weighted by molar-refractivity contribution is -0.123. The predicted octanol–water partition coefficient (Wildman–Crippen LogP) is 2.34. The lowest BCUT2D eigenvalue weighted by Gasteiger charge is -2.07. The summed E-state index contributed by atoms with van der Waals surface area (Å²) in [5.41, 5.74) is 0. The molecule has 2 N–H and O–H groups in total. The van der Waals surface area contributed by atoms with Crippen molar-refractivity contribution in [1.29, 1.82) is 0 Å². The van der Waals surface area contributed by atoms with E-state index in [1.54, 1.807) is 0 Å². The van der Waals surface area contributed by atoms with Crippen LogP contribution in [0, 0.1) is 5.92 Å². The summed E-state index contributed by atoms with van der Waals surface area (Å²) in [5, 5.41) is 6.07. The van der Waals surface area contributed by atoms with E-state index in [0.717, 1.165) is 52.0 Å². The fraction of sp³-hybridized carbons (Fsp3) is 0.933. The number of unbranched alkanes of at least 4 members (excludes halogenated alkanes) is 4. The van der Waals surface area contributed by atoms with Gasteiger partial charge in [-0.2, -0.15) is 0 Å². The molecule has 0 saturated heterocycles. The normalized spacial score (nSPS) is 10.9. The second-order valence-electron chi connectivity index (χ2n) is 5.28. The Bertz CT molecular complexity index is 208. The maximum atomic E-state index is 11.3. The summed E-state index contributed by atoms with van der Waals surface area (Å²) < 4.78 is 5.57. The van der Waals surface area contributed by atoms with Gasteiger partial charge >= 0.3 is 0 Å². The van der Waals surface area contributed by atoms with Crippen molar-refractivity contribution in [1.82, 2.24) is 10.6 Å². The van der Waals surface area contributed by atoms with Crippen LogP contribution in [0.2, 0.25) is 0 Å². The van der Waals surface area contributed by atoms with Crippen LogP contribution in [0.4, 0.5) is 0 Å². The Morgan fingerprint density at radius 1 is 0.947 bits per heavy atom. The quantitative estimate of drug-likeness (QED) is 0.506. The number of nitrogens with one attached hydrogen (secondary N) is 2. The van der Waals surface area contributed by atoms with E-state index in [1.807, 2.05) is 20.9 Å². The first-order chi connectivity index (χ1) is 9.18. The van der Waals surface area contributed by atoms with Gasteiger partial charge in [-0.15, -0.1) is 0 Å². The molecule has 1 amide bonds. The highest BCUT2D eigenvalue weighted by Gasteiger charge is 2.04. The molecular formula is C15H32N2O2. The minimum absolute atomic E-state index is 0.0891. The molecule has 0 saturated carbocycles. The fourth-order valence-corrected chi connectivity index (χ4v) is 1.71. The largest absolute Gasteiger partial charge is 0.381 e. The highest BCUT2D eigenvalue weighted by molar-refractivity contribution is 5.77. The Hall–Kier alpha value is -0.610. The Morgan fingerprint density at radius 3 is 2.05 bits per heavy atom. The Kier molecular flexibility index (Phi) is 13.4. The molecule has 0 spiro atoms. The summed E-state index contributed by atoms with van der Waals surface area (Å²) in [6, 6.07) is 0. The third kappa shape index (κ3) is 13.6. The molecule has 0 aliphatic rings. The summed E-state index contributed by atoms with van der Waals surface area (Å²) in [7, 11) is 1.99. The fourth-order valence-electron chi connectivity index (χ4n) is 1.71. The van der Waals surface area contributed by atoms with Crippen molar-refractivity contribution in [2.24, 2.45) is 5.92 Å². The van der Waals surface area contributed by atoms with Crippen LogP contribution in [0.25, 0.3) is 0 Å². The van der Waals surface area contributed by atoms with Crippen molar-refractivity contribution in [3.05, 3.63) is 0 Å². The number of rotatable bonds is 13. The molecule has 0 aromatic rings. The van der Waals surface area contributed by atoms with Crippen molar-refractivity contribution >= 4 is 5.91 Å². The molecule has 0 aliphatic carbocycles. The number of amides is 1. The summed E-state index contributed by atoms with van der Waals surface area (Å²) in [6.07, 6.45) is 6.89. The maximum Gasteiger partial charge on any atom is 0.222 e. The summed E-state index contributed by atoms with van der Waals surface area (Å²) in [4.78, 5) is 11.3. The molecule has 0 aromatic heterocycles. The van der Waals surface area contributed by atoms with Gasteiger partial charge in [-0.25, -0.2) is 0 Å². The monoisotopic (exact) mass is 272 g/mol. The van der Waals surface area contributed by atoms with Crippen LogP contribution in [0.5, 0.6) is 0 Å². The van der Waals surface area contributed by atoms with E-state index in [1.165, 1.54) is 12.8 Å². The second-order valence-corrected chi connectivity index (χ2v) is 5.28. The van der Waals surface area contributed by atoms with Gasteiger partial charge in [0.1, 0.15) is 0 Å². The molecule has 0 fully saturated rings. The van der Waals surface area contributed by atoms with Gasteiger partial charge in [0.2, 0.25) is 5.91 Å². The highest BCUT2D eigenvalue weighted by atomic mass is 16.5. The van der Waals surface area contributed by atoms with Gasteiger partial charge in [-0.3, -0.25) is 4.79 Å². The van der Waals surface area contributed by atoms with Gasteiger partial charge in [0, 0.05) is 25.7 Å². The molecular weight excluding hydrogens is 240 g/mol. The third-order valence-electron chi connectivity index (χ3n) is 3.00. The van der Waals surface area contributed by atoms with E-state index in [0.29, 0.717) is 0 Å². The SMILES string of the molecule is CNCCCCCOCCCCCNC(=O)C(C)C. The Morgan fingerprint density at radius 2 is 1.53 bits per heavy atom. The molecule has 0 heterocycles. The molecule has 0 aliphatic heterocycles. The molecule has 0 radical (unpaired) electrons. The van der Waals surface area contributed by atoms with Gasteiger partial charge in [-0.05, 0) is 52.1 Å². The smallest absolute Gasteiger partial charge is 0.222 e. The zero-order valence-corrected chi connectivity index (χ0v) is 13.0. The van der Waals surface area contributed by atoms with Crippen LogP contribution in [-0.2, 0) is 9.53 Å². The van der Waals surface area contributed by atoms with Crippen LogP contribution in [0.1, 0.15) is 52.4 Å². The van der Waals surface area contributed by atoms with Gasteiger partial charge in [-0.1, -0.05) is 13.8 Å². The van der Waals surface area contributed by atoms with E-state index in [-0.39, 0.29) is 11.8 Å². The van der Waals surface area contributed by atoms with Crippen molar-refractivity contribution in [3.63, 3.8) is 0 Å². The van der Waals surface area contributed by atoms with E-state index in [2.05, 4.69) is 10.6 Å². The first-order valence-corrected chi connectivity index (χ1v) is 7.68. The first-order valence-electron chi connectivity index (χ1n) is 7.68. The summed E-state index contributed by atoms with van der Waals surface area (Å²) >= 11 is 0. The summed E-state index contributed by atoms with van der Waals surface area (Å²) in [5.74, 6) is 0.240. The molecule has 0 rings (SSSR count). The van der Waals surface area contributed by atoms with Crippen LogP contribution >= 0.6 is 0 Å².